The van der Waals surface area contributed by atoms with Crippen LogP contribution in [0.1, 0.15) is 29.5 Å². The van der Waals surface area contributed by atoms with E-state index in [1.807, 2.05) is 31.3 Å². The molecule has 0 saturated heterocycles. The quantitative estimate of drug-likeness (QED) is 0.578. The van der Waals surface area contributed by atoms with Crippen LogP contribution < -0.4 is 10.1 Å². The van der Waals surface area contributed by atoms with Gasteiger partial charge in [0.15, 0.2) is 0 Å². The van der Waals surface area contributed by atoms with Gasteiger partial charge >= 0.3 is 6.18 Å². The van der Waals surface area contributed by atoms with Crippen molar-refractivity contribution in [3.05, 3.63) is 71.3 Å². The fourth-order valence-electron chi connectivity index (χ4n) is 3.62. The first-order valence-electron chi connectivity index (χ1n) is 9.42. The molecule has 0 unspecified atom stereocenters. The van der Waals surface area contributed by atoms with E-state index in [1.165, 1.54) is 6.07 Å². The Morgan fingerprint density at radius 1 is 1.14 bits per heavy atom. The van der Waals surface area contributed by atoms with Gasteiger partial charge < -0.3 is 10.1 Å². The molecule has 0 bridgehead atoms. The molecular formula is C22H20F4N2O. The monoisotopic (exact) mass is 404 g/mol. The summed E-state index contributed by atoms with van der Waals surface area (Å²) in [5, 5.41) is 5.63. The van der Waals surface area contributed by atoms with E-state index in [0.29, 0.717) is 6.54 Å². The molecule has 0 radical (unpaired) electrons. The van der Waals surface area contributed by atoms with Gasteiger partial charge in [0.05, 0.1) is 5.56 Å². The number of alkyl halides is 3. The summed E-state index contributed by atoms with van der Waals surface area (Å²) in [5.41, 5.74) is 1.01. The van der Waals surface area contributed by atoms with Gasteiger partial charge in [0.25, 0.3) is 0 Å². The minimum Gasteiger partial charge on any atom is -0.489 e. The number of nitrogens with zero attached hydrogens (tertiary/aromatic N) is 1. The van der Waals surface area contributed by atoms with Gasteiger partial charge in [-0.25, -0.2) is 4.39 Å². The third-order valence-corrected chi connectivity index (χ3v) is 5.45. The molecule has 2 atom stereocenters. The molecule has 4 rings (SSSR count). The lowest BCUT2D eigenvalue weighted by molar-refractivity contribution is -0.140. The topological polar surface area (TPSA) is 34.2 Å². The fraction of sp³-hybridized carbons (Fsp3) is 0.318. The molecule has 29 heavy (non-hydrogen) atoms. The van der Waals surface area contributed by atoms with Crippen LogP contribution in [0.25, 0.3) is 10.8 Å². The van der Waals surface area contributed by atoms with Crippen molar-refractivity contribution in [1.29, 1.82) is 0 Å². The second kappa shape index (κ2) is 7.63. The lowest BCUT2D eigenvalue weighted by Crippen LogP contribution is -2.50. The summed E-state index contributed by atoms with van der Waals surface area (Å²) in [6.45, 7) is 2.66. The Labute approximate surface area is 165 Å². The molecule has 152 valence electrons. The Hall–Kier alpha value is -2.67. The van der Waals surface area contributed by atoms with Crippen LogP contribution in [-0.4, -0.2) is 17.1 Å². The number of aromatic nitrogens is 1. The van der Waals surface area contributed by atoms with Crippen LogP contribution >= 0.6 is 0 Å². The van der Waals surface area contributed by atoms with Gasteiger partial charge in [-0.15, -0.1) is 0 Å². The third-order valence-electron chi connectivity index (χ3n) is 5.45. The molecule has 7 heteroatoms. The maximum atomic E-state index is 13.5. The van der Waals surface area contributed by atoms with Crippen molar-refractivity contribution in [2.45, 2.75) is 44.6 Å². The van der Waals surface area contributed by atoms with Crippen molar-refractivity contribution in [2.24, 2.45) is 0 Å². The van der Waals surface area contributed by atoms with Crippen LogP contribution in [0.2, 0.25) is 0 Å². The number of rotatable bonds is 5. The van der Waals surface area contributed by atoms with Crippen molar-refractivity contribution in [3.8, 4) is 5.75 Å². The van der Waals surface area contributed by atoms with E-state index in [-0.39, 0.29) is 17.9 Å². The first-order chi connectivity index (χ1) is 13.8. The van der Waals surface area contributed by atoms with E-state index in [2.05, 4.69) is 10.3 Å². The van der Waals surface area contributed by atoms with Gasteiger partial charge in [-0.2, -0.15) is 13.2 Å². The molecule has 1 fully saturated rings. The van der Waals surface area contributed by atoms with Crippen molar-refractivity contribution in [2.75, 3.05) is 0 Å². The predicted molar refractivity (Wildman–Crippen MR) is 102 cm³/mol. The Morgan fingerprint density at radius 3 is 2.69 bits per heavy atom. The number of fused-ring (bicyclic) bond motifs is 1. The molecule has 3 nitrogen and oxygen atoms in total. The van der Waals surface area contributed by atoms with Crippen LogP contribution in [-0.2, 0) is 12.7 Å². The van der Waals surface area contributed by atoms with Crippen molar-refractivity contribution in [1.82, 2.24) is 10.3 Å². The molecule has 0 amide bonds. The lowest BCUT2D eigenvalue weighted by atomic mass is 9.88. The molecule has 1 N–H and O–H groups in total. The Kier molecular flexibility index (Phi) is 5.17. The zero-order chi connectivity index (χ0) is 20.6. The average Bonchev–Trinajstić information content (AvgIpc) is 2.67. The van der Waals surface area contributed by atoms with Crippen molar-refractivity contribution >= 4 is 10.8 Å². The molecule has 1 aliphatic carbocycles. The Bertz CT molecular complexity index is 1030. The number of pyridine rings is 1. The molecule has 1 aliphatic rings. The van der Waals surface area contributed by atoms with Gasteiger partial charge in [0.1, 0.15) is 17.7 Å². The lowest BCUT2D eigenvalue weighted by Gasteiger charge is -2.37. The van der Waals surface area contributed by atoms with Gasteiger partial charge in [-0.3, -0.25) is 4.98 Å². The number of nitrogens with one attached hydrogen (secondary N) is 1. The van der Waals surface area contributed by atoms with Gasteiger partial charge in [0, 0.05) is 30.4 Å². The van der Waals surface area contributed by atoms with E-state index >= 15 is 0 Å². The van der Waals surface area contributed by atoms with E-state index in [0.717, 1.165) is 46.9 Å². The van der Waals surface area contributed by atoms with Crippen LogP contribution in [0.3, 0.4) is 0 Å². The normalized spacial score (nSPS) is 19.2. The highest BCUT2D eigenvalue weighted by molar-refractivity contribution is 5.85. The summed E-state index contributed by atoms with van der Waals surface area (Å²) in [6, 6.07) is 8.84. The maximum Gasteiger partial charge on any atom is 0.419 e. The summed E-state index contributed by atoms with van der Waals surface area (Å²) in [5.74, 6) is -1.27. The van der Waals surface area contributed by atoms with E-state index < -0.39 is 17.6 Å². The van der Waals surface area contributed by atoms with Crippen LogP contribution in [0, 0.1) is 12.7 Å². The molecule has 3 aromatic rings. The first-order valence-corrected chi connectivity index (χ1v) is 9.42. The highest BCUT2D eigenvalue weighted by Gasteiger charge is 2.36. The van der Waals surface area contributed by atoms with Crippen LogP contribution in [0.5, 0.6) is 5.75 Å². The predicted octanol–water partition coefficient (Wildman–Crippen LogP) is 5.40. The number of halogens is 4. The van der Waals surface area contributed by atoms with Crippen LogP contribution in [0.4, 0.5) is 17.6 Å². The summed E-state index contributed by atoms with van der Waals surface area (Å²) in [4.78, 5) is 4.15. The zero-order valence-corrected chi connectivity index (χ0v) is 15.8. The summed E-state index contributed by atoms with van der Waals surface area (Å²) in [7, 11) is 0. The Balaban J connectivity index is 1.45. The second-order valence-corrected chi connectivity index (χ2v) is 7.32. The summed E-state index contributed by atoms with van der Waals surface area (Å²) >= 11 is 0. The highest BCUT2D eigenvalue weighted by Crippen LogP contribution is 2.35. The molecule has 1 saturated carbocycles. The number of ether oxygens (including phenoxy) is 1. The van der Waals surface area contributed by atoms with Crippen molar-refractivity contribution < 1.29 is 22.3 Å². The van der Waals surface area contributed by atoms with E-state index in [1.54, 1.807) is 6.20 Å². The van der Waals surface area contributed by atoms with Gasteiger partial charge in [-0.05, 0) is 60.5 Å². The summed E-state index contributed by atoms with van der Waals surface area (Å²) < 4.78 is 57.9. The molecule has 1 aromatic heterocycles. The number of benzene rings is 2. The standard InChI is InChI=1S/C22H20F4N2O/c1-13-2-3-14-11-27-9-8-16(14)17(13)12-28-20-6-7-21(20)29-15-4-5-19(23)18(10-15)22(24,25)26/h2-5,8-11,20-21,28H,6-7,12H2,1H3/t20-,21-/m1/s1. The van der Waals surface area contributed by atoms with Gasteiger partial charge in [0.2, 0.25) is 0 Å². The van der Waals surface area contributed by atoms with Crippen LogP contribution in [0.15, 0.2) is 48.8 Å². The SMILES string of the molecule is Cc1ccc2cnccc2c1CN[C@@H]1CC[C@H]1Oc1ccc(F)c(C(F)(F)F)c1. The smallest absolute Gasteiger partial charge is 0.419 e. The van der Waals surface area contributed by atoms with E-state index in [9.17, 15) is 17.6 Å². The zero-order valence-electron chi connectivity index (χ0n) is 15.8. The molecule has 0 spiro atoms. The fourth-order valence-corrected chi connectivity index (χ4v) is 3.62. The number of aryl methyl sites for hydroxylation is 1. The molecule has 0 aliphatic heterocycles. The maximum absolute atomic E-state index is 13.5. The molecular weight excluding hydrogens is 384 g/mol. The minimum absolute atomic E-state index is 0.0193. The number of hydrogen-bond donors (Lipinski definition) is 1. The molecule has 1 heterocycles. The highest BCUT2D eigenvalue weighted by atomic mass is 19.4. The van der Waals surface area contributed by atoms with E-state index in [4.69, 9.17) is 4.74 Å². The largest absolute Gasteiger partial charge is 0.489 e. The van der Waals surface area contributed by atoms with Crippen molar-refractivity contribution in [3.63, 3.8) is 0 Å². The minimum atomic E-state index is -4.75. The Morgan fingerprint density at radius 2 is 1.97 bits per heavy atom. The summed E-state index contributed by atoms with van der Waals surface area (Å²) in [6.07, 6.45) is 0.172. The second-order valence-electron chi connectivity index (χ2n) is 7.32. The average molecular weight is 404 g/mol. The third kappa shape index (κ3) is 4.05. The molecule has 2 aromatic carbocycles. The van der Waals surface area contributed by atoms with Gasteiger partial charge in [-0.1, -0.05) is 12.1 Å². The number of hydrogen-bond acceptors (Lipinski definition) is 3. The first kappa shape index (κ1) is 19.6.